The van der Waals surface area contributed by atoms with Crippen LogP contribution < -0.4 is 15.0 Å². The third-order valence-corrected chi connectivity index (χ3v) is 3.59. The maximum atomic E-state index is 12.0. The highest BCUT2D eigenvalue weighted by atomic mass is 16.5. The minimum absolute atomic E-state index is 0.0520. The smallest absolute Gasteiger partial charge is 0.243 e. The van der Waals surface area contributed by atoms with Crippen molar-refractivity contribution in [3.05, 3.63) is 23.8 Å². The molecule has 0 saturated carbocycles. The van der Waals surface area contributed by atoms with Gasteiger partial charge in [0.2, 0.25) is 5.91 Å². The van der Waals surface area contributed by atoms with Crippen LogP contribution in [0.15, 0.2) is 18.2 Å². The van der Waals surface area contributed by atoms with Crippen LogP contribution in [0.4, 0.5) is 5.69 Å². The molecule has 1 saturated heterocycles. The van der Waals surface area contributed by atoms with Gasteiger partial charge in [0.1, 0.15) is 11.8 Å². The Morgan fingerprint density at radius 2 is 2.35 bits per heavy atom. The highest BCUT2D eigenvalue weighted by Crippen LogP contribution is 2.38. The van der Waals surface area contributed by atoms with Crippen LogP contribution in [0.2, 0.25) is 0 Å². The van der Waals surface area contributed by atoms with Gasteiger partial charge in [0.25, 0.3) is 0 Å². The molecule has 4 heteroatoms. The van der Waals surface area contributed by atoms with Crippen molar-refractivity contribution in [3.63, 3.8) is 0 Å². The number of anilines is 1. The van der Waals surface area contributed by atoms with Crippen molar-refractivity contribution in [2.75, 3.05) is 25.1 Å². The molecule has 2 aliphatic heterocycles. The molecular weight excluding hydrogens is 216 g/mol. The summed E-state index contributed by atoms with van der Waals surface area (Å²) in [5.74, 6) is 1.03. The molecule has 1 unspecified atom stereocenters. The summed E-state index contributed by atoms with van der Waals surface area (Å²) in [7, 11) is 1.68. The van der Waals surface area contributed by atoms with Crippen LogP contribution in [0, 0.1) is 0 Å². The lowest BCUT2D eigenvalue weighted by molar-refractivity contribution is -0.121. The molecule has 1 amide bonds. The van der Waals surface area contributed by atoms with E-state index in [-0.39, 0.29) is 11.9 Å². The first-order chi connectivity index (χ1) is 8.31. The molecule has 0 spiro atoms. The molecule has 2 aliphatic rings. The number of nitrogens with one attached hydrogen (secondary N) is 1. The van der Waals surface area contributed by atoms with Gasteiger partial charge in [0, 0.05) is 30.8 Å². The van der Waals surface area contributed by atoms with E-state index in [1.54, 1.807) is 7.11 Å². The molecule has 0 radical (unpaired) electrons. The Kier molecular flexibility index (Phi) is 2.42. The van der Waals surface area contributed by atoms with Gasteiger partial charge in [-0.2, -0.15) is 0 Å². The van der Waals surface area contributed by atoms with Crippen LogP contribution in [-0.2, 0) is 11.2 Å². The van der Waals surface area contributed by atoms with Gasteiger partial charge in [0.05, 0.1) is 7.11 Å². The van der Waals surface area contributed by atoms with Gasteiger partial charge < -0.3 is 15.0 Å². The summed E-state index contributed by atoms with van der Waals surface area (Å²) in [5.41, 5.74) is 2.32. The van der Waals surface area contributed by atoms with Crippen LogP contribution in [0.5, 0.6) is 5.75 Å². The molecule has 2 heterocycles. The van der Waals surface area contributed by atoms with Crippen LogP contribution in [0.25, 0.3) is 0 Å². The van der Waals surface area contributed by atoms with Crippen molar-refractivity contribution in [2.24, 2.45) is 0 Å². The van der Waals surface area contributed by atoms with E-state index in [0.717, 1.165) is 42.9 Å². The zero-order valence-electron chi connectivity index (χ0n) is 9.90. The summed E-state index contributed by atoms with van der Waals surface area (Å²) in [5, 5.41) is 2.97. The molecule has 1 aromatic carbocycles. The van der Waals surface area contributed by atoms with Crippen LogP contribution >= 0.6 is 0 Å². The molecule has 0 aromatic heterocycles. The predicted octanol–water partition coefficient (Wildman–Crippen LogP) is 0.946. The van der Waals surface area contributed by atoms with Crippen molar-refractivity contribution in [1.29, 1.82) is 0 Å². The van der Waals surface area contributed by atoms with E-state index in [0.29, 0.717) is 0 Å². The van der Waals surface area contributed by atoms with E-state index >= 15 is 0 Å². The van der Waals surface area contributed by atoms with Crippen molar-refractivity contribution < 1.29 is 9.53 Å². The zero-order chi connectivity index (χ0) is 11.8. The van der Waals surface area contributed by atoms with Gasteiger partial charge in [-0.3, -0.25) is 4.79 Å². The minimum atomic E-state index is -0.0520. The maximum Gasteiger partial charge on any atom is 0.243 e. The predicted molar refractivity (Wildman–Crippen MR) is 65.5 cm³/mol. The molecule has 0 bridgehead atoms. The Bertz CT molecular complexity index is 459. The number of benzene rings is 1. The molecular formula is C13H16N2O2. The number of carbonyl (C=O) groups is 1. The zero-order valence-corrected chi connectivity index (χ0v) is 9.90. The lowest BCUT2D eigenvalue weighted by Gasteiger charge is -2.23. The summed E-state index contributed by atoms with van der Waals surface area (Å²) in [4.78, 5) is 14.2. The second kappa shape index (κ2) is 3.95. The summed E-state index contributed by atoms with van der Waals surface area (Å²) >= 11 is 0. The summed E-state index contributed by atoms with van der Waals surface area (Å²) in [6.07, 6.45) is 1.75. The Morgan fingerprint density at radius 3 is 3.18 bits per heavy atom. The largest absolute Gasteiger partial charge is 0.496 e. The van der Waals surface area contributed by atoms with Crippen LogP contribution in [0.1, 0.15) is 12.0 Å². The first kappa shape index (κ1) is 10.4. The summed E-state index contributed by atoms with van der Waals surface area (Å²) in [6, 6.07) is 5.98. The standard InChI is InChI=1S/C13H16N2O2/c1-17-12-5-2-4-10-9(12)8-11-13(16)14-6-3-7-15(10)11/h2,4-5,11H,3,6-8H2,1H3,(H,14,16). The Hall–Kier alpha value is -1.71. The van der Waals surface area contributed by atoms with Crippen molar-refractivity contribution >= 4 is 11.6 Å². The Morgan fingerprint density at radius 1 is 1.47 bits per heavy atom. The number of carbonyl (C=O) groups excluding carboxylic acids is 1. The first-order valence-electron chi connectivity index (χ1n) is 6.01. The van der Waals surface area contributed by atoms with E-state index in [9.17, 15) is 4.79 Å². The number of rotatable bonds is 1. The molecule has 3 rings (SSSR count). The van der Waals surface area contributed by atoms with Crippen LogP contribution in [-0.4, -0.2) is 32.1 Å². The lowest BCUT2D eigenvalue weighted by atomic mass is 10.1. The second-order valence-corrected chi connectivity index (χ2v) is 4.52. The lowest BCUT2D eigenvalue weighted by Crippen LogP contribution is -2.42. The molecule has 17 heavy (non-hydrogen) atoms. The average Bonchev–Trinajstić information content (AvgIpc) is 2.63. The molecule has 1 N–H and O–H groups in total. The van der Waals surface area contributed by atoms with E-state index in [1.807, 2.05) is 12.1 Å². The number of ether oxygens (including phenoxy) is 1. The summed E-state index contributed by atoms with van der Waals surface area (Å²) < 4.78 is 5.37. The monoisotopic (exact) mass is 232 g/mol. The number of nitrogens with zero attached hydrogens (tertiary/aromatic N) is 1. The highest BCUT2D eigenvalue weighted by Gasteiger charge is 2.36. The number of hydrogen-bond donors (Lipinski definition) is 1. The molecule has 4 nitrogen and oxygen atoms in total. The molecule has 1 fully saturated rings. The summed E-state index contributed by atoms with van der Waals surface area (Å²) in [6.45, 7) is 1.72. The first-order valence-corrected chi connectivity index (χ1v) is 6.01. The third-order valence-electron chi connectivity index (χ3n) is 3.59. The second-order valence-electron chi connectivity index (χ2n) is 4.52. The average molecular weight is 232 g/mol. The van der Waals surface area contributed by atoms with E-state index in [1.165, 1.54) is 0 Å². The van der Waals surface area contributed by atoms with Gasteiger partial charge in [-0.15, -0.1) is 0 Å². The fourth-order valence-corrected chi connectivity index (χ4v) is 2.78. The maximum absolute atomic E-state index is 12.0. The Labute approximate surface area is 101 Å². The number of fused-ring (bicyclic) bond motifs is 3. The number of hydrogen-bond acceptors (Lipinski definition) is 3. The Balaban J connectivity index is 2.04. The fraction of sp³-hybridized carbons (Fsp3) is 0.462. The van der Waals surface area contributed by atoms with Crippen LogP contribution in [0.3, 0.4) is 0 Å². The minimum Gasteiger partial charge on any atom is -0.496 e. The fourth-order valence-electron chi connectivity index (χ4n) is 2.78. The highest BCUT2D eigenvalue weighted by molar-refractivity contribution is 5.89. The van der Waals surface area contributed by atoms with Crippen molar-refractivity contribution in [2.45, 2.75) is 18.9 Å². The van der Waals surface area contributed by atoms with E-state index in [4.69, 9.17) is 4.74 Å². The number of methoxy groups -OCH3 is 1. The normalized spacial score (nSPS) is 22.5. The van der Waals surface area contributed by atoms with E-state index < -0.39 is 0 Å². The van der Waals surface area contributed by atoms with Gasteiger partial charge >= 0.3 is 0 Å². The topological polar surface area (TPSA) is 41.6 Å². The van der Waals surface area contributed by atoms with Gasteiger partial charge in [0.15, 0.2) is 0 Å². The molecule has 1 atom stereocenters. The SMILES string of the molecule is COc1cccc2c1CC1C(=O)NCCCN21. The van der Waals surface area contributed by atoms with Crippen molar-refractivity contribution in [1.82, 2.24) is 5.32 Å². The van der Waals surface area contributed by atoms with Gasteiger partial charge in [-0.1, -0.05) is 6.07 Å². The van der Waals surface area contributed by atoms with E-state index in [2.05, 4.69) is 16.3 Å². The molecule has 1 aromatic rings. The number of amides is 1. The third kappa shape index (κ3) is 1.55. The van der Waals surface area contributed by atoms with Gasteiger partial charge in [-0.25, -0.2) is 0 Å². The molecule has 0 aliphatic carbocycles. The molecule has 90 valence electrons. The van der Waals surface area contributed by atoms with Gasteiger partial charge in [-0.05, 0) is 18.6 Å². The quantitative estimate of drug-likeness (QED) is 0.783. The van der Waals surface area contributed by atoms with Crippen molar-refractivity contribution in [3.8, 4) is 5.75 Å².